The molecule has 0 unspecified atom stereocenters. The molecule has 126 valence electrons. The highest BCUT2D eigenvalue weighted by Gasteiger charge is 2.27. The van der Waals surface area contributed by atoms with Crippen molar-refractivity contribution in [3.8, 4) is 11.5 Å². The van der Waals surface area contributed by atoms with Gasteiger partial charge in [-0.1, -0.05) is 0 Å². The van der Waals surface area contributed by atoms with Gasteiger partial charge >= 0.3 is 0 Å². The third-order valence-electron chi connectivity index (χ3n) is 4.52. The largest absolute Gasteiger partial charge is 0.497 e. The van der Waals surface area contributed by atoms with Gasteiger partial charge in [0.25, 0.3) is 5.91 Å². The van der Waals surface area contributed by atoms with Gasteiger partial charge in [-0.15, -0.1) is 0 Å². The van der Waals surface area contributed by atoms with Crippen molar-refractivity contribution in [2.75, 3.05) is 25.7 Å². The molecule has 0 saturated carbocycles. The van der Waals surface area contributed by atoms with E-state index in [2.05, 4.69) is 6.07 Å². The number of fused-ring (bicyclic) bond motifs is 2. The Balaban J connectivity index is 1.72. The summed E-state index contributed by atoms with van der Waals surface area (Å²) in [5.74, 6) is 2.18. The number of methoxy groups -OCH3 is 2. The van der Waals surface area contributed by atoms with Crippen LogP contribution in [-0.2, 0) is 6.42 Å². The molecule has 5 heteroatoms. The van der Waals surface area contributed by atoms with Gasteiger partial charge < -0.3 is 9.47 Å². The molecule has 1 amide bonds. The molecule has 1 aliphatic heterocycles. The quantitative estimate of drug-likeness (QED) is 0.736. The Morgan fingerprint density at radius 2 is 1.72 bits per heavy atom. The molecule has 25 heavy (non-hydrogen) atoms. The van der Waals surface area contributed by atoms with E-state index in [-0.39, 0.29) is 5.91 Å². The number of anilines is 1. The first kappa shape index (κ1) is 15.4. The molecule has 4 rings (SSSR count). The summed E-state index contributed by atoms with van der Waals surface area (Å²) < 4.78 is 10.4. The Labute approximate surface area is 145 Å². The van der Waals surface area contributed by atoms with Gasteiger partial charge in [0.1, 0.15) is 17.3 Å². The standard InChI is InChI=1S/C20H18N2O3/c1-24-16-6-3-13(4-7-16)20(23)22-10-9-15-11-14-5-8-17(25-2)12-18(14)21-19(15)22/h3-8,11-12H,9-10H2,1-2H3. The number of carbonyl (C=O) groups excluding carboxylic acids is 1. The first-order chi connectivity index (χ1) is 12.2. The van der Waals surface area contributed by atoms with Crippen molar-refractivity contribution in [3.05, 3.63) is 59.7 Å². The zero-order valence-corrected chi connectivity index (χ0v) is 14.2. The van der Waals surface area contributed by atoms with Crippen LogP contribution in [0.15, 0.2) is 48.5 Å². The van der Waals surface area contributed by atoms with Gasteiger partial charge in [0, 0.05) is 23.6 Å². The summed E-state index contributed by atoms with van der Waals surface area (Å²) in [7, 11) is 3.24. The summed E-state index contributed by atoms with van der Waals surface area (Å²) in [5.41, 5.74) is 2.55. The topological polar surface area (TPSA) is 51.7 Å². The minimum absolute atomic E-state index is 0.0452. The van der Waals surface area contributed by atoms with Crippen molar-refractivity contribution < 1.29 is 14.3 Å². The second-order valence-electron chi connectivity index (χ2n) is 5.97. The maximum atomic E-state index is 12.9. The Hall–Kier alpha value is -3.08. The number of hydrogen-bond acceptors (Lipinski definition) is 4. The lowest BCUT2D eigenvalue weighted by Gasteiger charge is -2.17. The number of amides is 1. The predicted molar refractivity (Wildman–Crippen MR) is 96.7 cm³/mol. The molecule has 0 fully saturated rings. The monoisotopic (exact) mass is 334 g/mol. The lowest BCUT2D eigenvalue weighted by molar-refractivity contribution is 0.0988. The van der Waals surface area contributed by atoms with Crippen molar-refractivity contribution in [1.82, 2.24) is 4.98 Å². The van der Waals surface area contributed by atoms with E-state index in [0.717, 1.165) is 40.2 Å². The molecule has 0 radical (unpaired) electrons. The fourth-order valence-corrected chi connectivity index (χ4v) is 3.15. The van der Waals surface area contributed by atoms with E-state index in [1.165, 1.54) is 0 Å². The molecule has 0 N–H and O–H groups in total. The fraction of sp³-hybridized carbons (Fsp3) is 0.200. The average molecular weight is 334 g/mol. The molecule has 2 heterocycles. The van der Waals surface area contributed by atoms with Crippen LogP contribution in [0.3, 0.4) is 0 Å². The van der Waals surface area contributed by atoms with Crippen LogP contribution in [-0.4, -0.2) is 31.7 Å². The number of pyridine rings is 1. The van der Waals surface area contributed by atoms with Crippen LogP contribution in [0.2, 0.25) is 0 Å². The lowest BCUT2D eigenvalue weighted by atomic mass is 10.1. The minimum Gasteiger partial charge on any atom is -0.497 e. The average Bonchev–Trinajstić information content (AvgIpc) is 3.07. The molecule has 0 spiro atoms. The Kier molecular flexibility index (Phi) is 3.76. The molecule has 1 aliphatic rings. The first-order valence-corrected chi connectivity index (χ1v) is 8.13. The summed E-state index contributed by atoms with van der Waals surface area (Å²) in [4.78, 5) is 19.4. The second-order valence-corrected chi connectivity index (χ2v) is 5.97. The van der Waals surface area contributed by atoms with Crippen molar-refractivity contribution >= 4 is 22.6 Å². The highest BCUT2D eigenvalue weighted by molar-refractivity contribution is 6.07. The third kappa shape index (κ3) is 2.67. The van der Waals surface area contributed by atoms with Crippen molar-refractivity contribution in [3.63, 3.8) is 0 Å². The first-order valence-electron chi connectivity index (χ1n) is 8.13. The Morgan fingerprint density at radius 1 is 1.00 bits per heavy atom. The number of aromatic nitrogens is 1. The number of hydrogen-bond donors (Lipinski definition) is 0. The van der Waals surface area contributed by atoms with E-state index >= 15 is 0 Å². The molecule has 5 nitrogen and oxygen atoms in total. The van der Waals surface area contributed by atoms with E-state index in [0.29, 0.717) is 12.1 Å². The van der Waals surface area contributed by atoms with Crippen LogP contribution in [0.1, 0.15) is 15.9 Å². The van der Waals surface area contributed by atoms with Gasteiger partial charge in [-0.05, 0) is 54.4 Å². The van der Waals surface area contributed by atoms with Crippen LogP contribution < -0.4 is 14.4 Å². The second kappa shape index (κ2) is 6.09. The number of rotatable bonds is 3. The molecule has 3 aromatic rings. The van der Waals surface area contributed by atoms with E-state index in [1.54, 1.807) is 43.4 Å². The third-order valence-corrected chi connectivity index (χ3v) is 4.52. The predicted octanol–water partition coefficient (Wildman–Crippen LogP) is 3.45. The van der Waals surface area contributed by atoms with Crippen molar-refractivity contribution in [1.29, 1.82) is 0 Å². The molecule has 0 aliphatic carbocycles. The number of benzene rings is 2. The number of nitrogens with zero attached hydrogens (tertiary/aromatic N) is 2. The zero-order chi connectivity index (χ0) is 17.4. The molecule has 0 atom stereocenters. The minimum atomic E-state index is -0.0452. The highest BCUT2D eigenvalue weighted by Crippen LogP contribution is 2.32. The van der Waals surface area contributed by atoms with Crippen molar-refractivity contribution in [2.45, 2.75) is 6.42 Å². The van der Waals surface area contributed by atoms with Crippen LogP contribution >= 0.6 is 0 Å². The van der Waals surface area contributed by atoms with Gasteiger partial charge in [0.05, 0.1) is 19.7 Å². The van der Waals surface area contributed by atoms with Crippen LogP contribution in [0.5, 0.6) is 11.5 Å². The van der Waals surface area contributed by atoms with Crippen LogP contribution in [0.25, 0.3) is 10.9 Å². The molecule has 0 bridgehead atoms. The van der Waals surface area contributed by atoms with E-state index in [9.17, 15) is 4.79 Å². The normalized spacial score (nSPS) is 13.0. The maximum absolute atomic E-state index is 12.9. The smallest absolute Gasteiger partial charge is 0.259 e. The Bertz CT molecular complexity index is 951. The van der Waals surface area contributed by atoms with Gasteiger partial charge in [-0.3, -0.25) is 9.69 Å². The summed E-state index contributed by atoms with van der Waals surface area (Å²) >= 11 is 0. The van der Waals surface area contributed by atoms with Crippen LogP contribution in [0.4, 0.5) is 5.82 Å². The molecule has 0 saturated heterocycles. The van der Waals surface area contributed by atoms with Crippen LogP contribution in [0, 0.1) is 0 Å². The van der Waals surface area contributed by atoms with Crippen molar-refractivity contribution in [2.24, 2.45) is 0 Å². The molecular weight excluding hydrogens is 316 g/mol. The molecule has 2 aromatic carbocycles. The van der Waals surface area contributed by atoms with Gasteiger partial charge in [0.2, 0.25) is 0 Å². The molecule has 1 aromatic heterocycles. The maximum Gasteiger partial charge on any atom is 0.259 e. The summed E-state index contributed by atoms with van der Waals surface area (Å²) in [5, 5.41) is 1.05. The SMILES string of the molecule is COc1ccc(C(=O)N2CCc3cc4ccc(OC)cc4nc32)cc1. The Morgan fingerprint density at radius 3 is 2.44 bits per heavy atom. The van der Waals surface area contributed by atoms with E-state index in [1.807, 2.05) is 18.2 Å². The van der Waals surface area contributed by atoms with E-state index in [4.69, 9.17) is 14.5 Å². The van der Waals surface area contributed by atoms with E-state index < -0.39 is 0 Å². The number of carbonyl (C=O) groups is 1. The number of ether oxygens (including phenoxy) is 2. The summed E-state index contributed by atoms with van der Waals surface area (Å²) in [6.45, 7) is 0.640. The van der Waals surface area contributed by atoms with Gasteiger partial charge in [-0.25, -0.2) is 4.98 Å². The van der Waals surface area contributed by atoms with Gasteiger partial charge in [0.15, 0.2) is 0 Å². The highest BCUT2D eigenvalue weighted by atomic mass is 16.5. The lowest BCUT2D eigenvalue weighted by Crippen LogP contribution is -2.29. The zero-order valence-electron chi connectivity index (χ0n) is 14.2. The summed E-state index contributed by atoms with van der Waals surface area (Å²) in [6.07, 6.45) is 0.812. The van der Waals surface area contributed by atoms with Gasteiger partial charge in [-0.2, -0.15) is 0 Å². The summed E-state index contributed by atoms with van der Waals surface area (Å²) in [6, 6.07) is 15.1. The molecular formula is C20H18N2O3. The fourth-order valence-electron chi connectivity index (χ4n) is 3.15.